The van der Waals surface area contributed by atoms with Gasteiger partial charge in [-0.2, -0.15) is 0 Å². The highest BCUT2D eigenvalue weighted by Gasteiger charge is 2.16. The lowest BCUT2D eigenvalue weighted by atomic mass is 10.1. The summed E-state index contributed by atoms with van der Waals surface area (Å²) in [7, 11) is 0. The Morgan fingerprint density at radius 3 is 3.06 bits per heavy atom. The number of carbonyl (C=O) groups is 1. The van der Waals surface area contributed by atoms with Crippen molar-refractivity contribution in [3.8, 4) is 5.88 Å². The molecule has 0 radical (unpaired) electrons. The summed E-state index contributed by atoms with van der Waals surface area (Å²) in [5, 5.41) is 3.26. The van der Waals surface area contributed by atoms with Crippen LogP contribution >= 0.6 is 0 Å². The van der Waals surface area contributed by atoms with Gasteiger partial charge in [-0.25, -0.2) is 4.98 Å². The summed E-state index contributed by atoms with van der Waals surface area (Å²) in [4.78, 5) is 15.4. The van der Waals surface area contributed by atoms with Gasteiger partial charge < -0.3 is 15.8 Å². The number of piperidine rings is 1. The van der Waals surface area contributed by atoms with Crippen molar-refractivity contribution < 1.29 is 9.53 Å². The summed E-state index contributed by atoms with van der Waals surface area (Å²) in [5.74, 6) is 0.0228. The fraction of sp³-hybridized carbons (Fsp3) is 0.500. The second kappa shape index (κ2) is 5.14. The minimum atomic E-state index is -0.456. The first-order valence-corrected chi connectivity index (χ1v) is 5.81. The molecule has 5 nitrogen and oxygen atoms in total. The molecule has 0 aromatic carbocycles. The zero-order chi connectivity index (χ0) is 12.3. The van der Waals surface area contributed by atoms with E-state index in [1.54, 1.807) is 12.1 Å². The van der Waals surface area contributed by atoms with Crippen molar-refractivity contribution in [1.29, 1.82) is 0 Å². The van der Waals surface area contributed by atoms with E-state index in [0.717, 1.165) is 31.6 Å². The highest BCUT2D eigenvalue weighted by molar-refractivity contribution is 5.93. The number of carbonyl (C=O) groups excluding carboxylic acids is 1. The van der Waals surface area contributed by atoms with Crippen molar-refractivity contribution in [1.82, 2.24) is 10.3 Å². The maximum absolute atomic E-state index is 11.1. The molecule has 1 aromatic rings. The lowest BCUT2D eigenvalue weighted by Gasteiger charge is -2.23. The van der Waals surface area contributed by atoms with Gasteiger partial charge in [-0.3, -0.25) is 4.79 Å². The van der Waals surface area contributed by atoms with Gasteiger partial charge in [0.1, 0.15) is 6.10 Å². The van der Waals surface area contributed by atoms with E-state index in [9.17, 15) is 4.79 Å². The van der Waals surface area contributed by atoms with Gasteiger partial charge in [0.2, 0.25) is 11.8 Å². The van der Waals surface area contributed by atoms with Crippen LogP contribution in [0.3, 0.4) is 0 Å². The van der Waals surface area contributed by atoms with Crippen LogP contribution in [0.25, 0.3) is 0 Å². The third-order valence-corrected chi connectivity index (χ3v) is 2.75. The Hall–Kier alpha value is -1.62. The quantitative estimate of drug-likeness (QED) is 0.805. The molecule has 1 aliphatic heterocycles. The number of pyridine rings is 1. The van der Waals surface area contributed by atoms with Gasteiger partial charge in [-0.15, -0.1) is 0 Å². The van der Waals surface area contributed by atoms with Crippen molar-refractivity contribution in [2.45, 2.75) is 25.9 Å². The van der Waals surface area contributed by atoms with Gasteiger partial charge in [-0.1, -0.05) is 0 Å². The van der Waals surface area contributed by atoms with Crippen LogP contribution in [-0.2, 0) is 0 Å². The van der Waals surface area contributed by atoms with E-state index >= 15 is 0 Å². The molecule has 1 aliphatic rings. The van der Waals surface area contributed by atoms with Crippen LogP contribution in [0.2, 0.25) is 0 Å². The number of aryl methyl sites for hydroxylation is 1. The van der Waals surface area contributed by atoms with Gasteiger partial charge in [0.15, 0.2) is 0 Å². The van der Waals surface area contributed by atoms with Crippen LogP contribution in [0.15, 0.2) is 12.1 Å². The minimum absolute atomic E-state index is 0.124. The molecule has 1 saturated heterocycles. The van der Waals surface area contributed by atoms with Crippen molar-refractivity contribution in [3.05, 3.63) is 23.4 Å². The van der Waals surface area contributed by atoms with Crippen LogP contribution in [0, 0.1) is 6.92 Å². The van der Waals surface area contributed by atoms with Crippen LogP contribution < -0.4 is 15.8 Å². The summed E-state index contributed by atoms with van der Waals surface area (Å²) in [6, 6.07) is 3.26. The Morgan fingerprint density at radius 1 is 1.59 bits per heavy atom. The highest BCUT2D eigenvalue weighted by atomic mass is 16.5. The normalized spacial score (nSPS) is 19.9. The van der Waals surface area contributed by atoms with E-state index in [0.29, 0.717) is 11.4 Å². The molecular weight excluding hydrogens is 218 g/mol. The summed E-state index contributed by atoms with van der Waals surface area (Å²) < 4.78 is 5.75. The van der Waals surface area contributed by atoms with Gasteiger partial charge >= 0.3 is 0 Å². The van der Waals surface area contributed by atoms with Gasteiger partial charge in [0.25, 0.3) is 0 Å². The summed E-state index contributed by atoms with van der Waals surface area (Å²) in [6.07, 6.45) is 2.23. The van der Waals surface area contributed by atoms with Crippen molar-refractivity contribution >= 4 is 5.91 Å². The average Bonchev–Trinajstić information content (AvgIpc) is 2.29. The molecule has 17 heavy (non-hydrogen) atoms. The first-order valence-electron chi connectivity index (χ1n) is 5.81. The van der Waals surface area contributed by atoms with E-state index in [2.05, 4.69) is 10.3 Å². The maximum Gasteiger partial charge on any atom is 0.248 e. The third kappa shape index (κ3) is 3.17. The van der Waals surface area contributed by atoms with Crippen molar-refractivity contribution in [2.24, 2.45) is 5.73 Å². The Bertz CT molecular complexity index is 414. The van der Waals surface area contributed by atoms with Gasteiger partial charge in [-0.05, 0) is 32.4 Å². The van der Waals surface area contributed by atoms with Crippen molar-refractivity contribution in [3.63, 3.8) is 0 Å². The SMILES string of the molecule is Cc1cc(C(N)=O)cc(O[C@H]2CCCNC2)n1. The number of hydrogen-bond acceptors (Lipinski definition) is 4. The lowest BCUT2D eigenvalue weighted by molar-refractivity contribution is 0.0998. The summed E-state index contributed by atoms with van der Waals surface area (Å²) >= 11 is 0. The predicted octanol–water partition coefficient (Wildman–Crippen LogP) is 0.620. The molecule has 0 bridgehead atoms. The molecular formula is C12H17N3O2. The van der Waals surface area contributed by atoms with Crippen LogP contribution in [0.4, 0.5) is 0 Å². The number of hydrogen-bond donors (Lipinski definition) is 2. The number of nitrogens with one attached hydrogen (secondary N) is 1. The molecule has 1 amide bonds. The fourth-order valence-electron chi connectivity index (χ4n) is 1.93. The Balaban J connectivity index is 2.11. The molecule has 0 spiro atoms. The lowest BCUT2D eigenvalue weighted by Crippen LogP contribution is -2.37. The number of nitrogens with two attached hydrogens (primary N) is 1. The van der Waals surface area contributed by atoms with Crippen LogP contribution in [0.1, 0.15) is 28.9 Å². The van der Waals surface area contributed by atoms with E-state index in [4.69, 9.17) is 10.5 Å². The van der Waals surface area contributed by atoms with E-state index in [1.165, 1.54) is 0 Å². The molecule has 2 rings (SSSR count). The standard InChI is InChI=1S/C12H17N3O2/c1-8-5-9(12(13)16)6-11(15-8)17-10-3-2-4-14-7-10/h5-6,10,14H,2-4,7H2,1H3,(H2,13,16)/t10-/m0/s1. The van der Waals surface area contributed by atoms with Gasteiger partial charge in [0.05, 0.1) is 0 Å². The average molecular weight is 235 g/mol. The molecule has 0 aliphatic carbocycles. The second-order valence-electron chi connectivity index (χ2n) is 4.29. The molecule has 0 unspecified atom stereocenters. The summed E-state index contributed by atoms with van der Waals surface area (Å²) in [5.41, 5.74) is 6.43. The van der Waals surface area contributed by atoms with Crippen molar-refractivity contribution in [2.75, 3.05) is 13.1 Å². The molecule has 1 aromatic heterocycles. The number of rotatable bonds is 3. The molecule has 0 saturated carbocycles. The number of primary amides is 1. The fourth-order valence-corrected chi connectivity index (χ4v) is 1.93. The molecule has 1 fully saturated rings. The van der Waals surface area contributed by atoms with E-state index < -0.39 is 5.91 Å². The van der Waals surface area contributed by atoms with Crippen LogP contribution in [-0.4, -0.2) is 30.1 Å². The number of ether oxygens (including phenoxy) is 1. The highest BCUT2D eigenvalue weighted by Crippen LogP contribution is 2.16. The second-order valence-corrected chi connectivity index (χ2v) is 4.29. The maximum atomic E-state index is 11.1. The number of aromatic nitrogens is 1. The van der Waals surface area contributed by atoms with Crippen LogP contribution in [0.5, 0.6) is 5.88 Å². The molecule has 5 heteroatoms. The Labute approximate surface area is 100 Å². The minimum Gasteiger partial charge on any atom is -0.473 e. The zero-order valence-electron chi connectivity index (χ0n) is 9.90. The molecule has 3 N–H and O–H groups in total. The summed E-state index contributed by atoms with van der Waals surface area (Å²) in [6.45, 7) is 3.67. The molecule has 1 atom stereocenters. The predicted molar refractivity (Wildman–Crippen MR) is 64.0 cm³/mol. The number of nitrogens with zero attached hydrogens (tertiary/aromatic N) is 1. The first kappa shape index (κ1) is 11.9. The Kier molecular flexibility index (Phi) is 3.58. The monoisotopic (exact) mass is 235 g/mol. The molecule has 92 valence electrons. The van der Waals surface area contributed by atoms with Gasteiger partial charge in [0, 0.05) is 23.9 Å². The number of amides is 1. The largest absolute Gasteiger partial charge is 0.473 e. The zero-order valence-corrected chi connectivity index (χ0v) is 9.90. The molecule has 2 heterocycles. The van der Waals surface area contributed by atoms with E-state index in [-0.39, 0.29) is 6.10 Å². The van der Waals surface area contributed by atoms with E-state index in [1.807, 2.05) is 6.92 Å². The Morgan fingerprint density at radius 2 is 2.41 bits per heavy atom. The smallest absolute Gasteiger partial charge is 0.248 e. The third-order valence-electron chi connectivity index (χ3n) is 2.75. The first-order chi connectivity index (χ1) is 8.15. The topological polar surface area (TPSA) is 77.2 Å².